The van der Waals surface area contributed by atoms with E-state index in [0.717, 1.165) is 18.3 Å². The number of rotatable bonds is 4. The second kappa shape index (κ2) is 4.23. The first-order valence-corrected chi connectivity index (χ1v) is 4.44. The highest BCUT2D eigenvalue weighted by Crippen LogP contribution is 2.02. The lowest BCUT2D eigenvalue weighted by Crippen LogP contribution is -2.23. The summed E-state index contributed by atoms with van der Waals surface area (Å²) in [4.78, 5) is 0. The molecule has 5 nitrogen and oxygen atoms in total. The fraction of sp³-hybridized carbons (Fsp3) is 0.750. The maximum Gasteiger partial charge on any atom is 0.224 e. The van der Waals surface area contributed by atoms with Gasteiger partial charge in [-0.3, -0.25) is 4.57 Å². The molecule has 0 aliphatic carbocycles. The van der Waals surface area contributed by atoms with Gasteiger partial charge in [-0.15, -0.1) is 10.2 Å². The second-order valence-electron chi connectivity index (χ2n) is 3.28. The Morgan fingerprint density at radius 2 is 2.08 bits per heavy atom. The van der Waals surface area contributed by atoms with Crippen molar-refractivity contribution in [1.82, 2.24) is 20.1 Å². The van der Waals surface area contributed by atoms with Crippen molar-refractivity contribution in [3.05, 3.63) is 5.82 Å². The molecule has 74 valence electrons. The van der Waals surface area contributed by atoms with Crippen LogP contribution in [-0.4, -0.2) is 27.9 Å². The van der Waals surface area contributed by atoms with E-state index in [9.17, 15) is 0 Å². The van der Waals surface area contributed by atoms with E-state index in [2.05, 4.69) is 34.7 Å². The molecule has 0 bridgehead atoms. The molecular weight excluding hydrogens is 166 g/mol. The molecule has 13 heavy (non-hydrogen) atoms. The van der Waals surface area contributed by atoms with Crippen molar-refractivity contribution >= 4 is 5.95 Å². The minimum atomic E-state index is 0.467. The molecule has 0 amide bonds. The smallest absolute Gasteiger partial charge is 0.224 e. The fourth-order valence-corrected chi connectivity index (χ4v) is 1.03. The van der Waals surface area contributed by atoms with Gasteiger partial charge in [0.2, 0.25) is 5.95 Å². The zero-order valence-corrected chi connectivity index (χ0v) is 8.63. The van der Waals surface area contributed by atoms with E-state index in [1.165, 1.54) is 0 Å². The summed E-state index contributed by atoms with van der Waals surface area (Å²) >= 11 is 0. The van der Waals surface area contributed by atoms with E-state index in [1.54, 1.807) is 0 Å². The molecule has 0 aliphatic rings. The molecule has 0 saturated heterocycles. The van der Waals surface area contributed by atoms with Crippen LogP contribution in [0.1, 0.15) is 19.7 Å². The molecule has 1 aromatic rings. The van der Waals surface area contributed by atoms with Crippen molar-refractivity contribution in [3.63, 3.8) is 0 Å². The van der Waals surface area contributed by atoms with Gasteiger partial charge < -0.3 is 10.6 Å². The predicted molar refractivity (Wildman–Crippen MR) is 52.5 cm³/mol. The summed E-state index contributed by atoms with van der Waals surface area (Å²) in [5.74, 6) is 1.73. The third kappa shape index (κ3) is 2.42. The summed E-state index contributed by atoms with van der Waals surface area (Å²) in [5, 5.41) is 14.3. The maximum atomic E-state index is 4.05. The van der Waals surface area contributed by atoms with Crippen molar-refractivity contribution < 1.29 is 0 Å². The van der Waals surface area contributed by atoms with Gasteiger partial charge in [-0.2, -0.15) is 0 Å². The zero-order valence-electron chi connectivity index (χ0n) is 8.63. The Bertz CT molecular complexity index is 265. The van der Waals surface area contributed by atoms with Gasteiger partial charge in [0.1, 0.15) is 5.82 Å². The van der Waals surface area contributed by atoms with Crippen molar-refractivity contribution in [2.75, 3.05) is 12.4 Å². The lowest BCUT2D eigenvalue weighted by molar-refractivity contribution is 0.561. The first-order chi connectivity index (χ1) is 6.15. The minimum absolute atomic E-state index is 0.467. The summed E-state index contributed by atoms with van der Waals surface area (Å²) in [6, 6.07) is 0.467. The highest BCUT2D eigenvalue weighted by Gasteiger charge is 2.06. The molecule has 0 radical (unpaired) electrons. The highest BCUT2D eigenvalue weighted by molar-refractivity contribution is 5.23. The Labute approximate surface area is 78.5 Å². The van der Waals surface area contributed by atoms with Crippen LogP contribution in [0, 0.1) is 0 Å². The minimum Gasteiger partial charge on any atom is -0.357 e. The molecule has 0 spiro atoms. The molecule has 0 aliphatic heterocycles. The molecule has 0 atom stereocenters. The van der Waals surface area contributed by atoms with Crippen LogP contribution in [-0.2, 0) is 13.6 Å². The van der Waals surface area contributed by atoms with Crippen LogP contribution in [0.25, 0.3) is 0 Å². The van der Waals surface area contributed by atoms with E-state index < -0.39 is 0 Å². The number of nitrogens with one attached hydrogen (secondary N) is 2. The topological polar surface area (TPSA) is 54.8 Å². The van der Waals surface area contributed by atoms with Gasteiger partial charge in [0, 0.05) is 20.1 Å². The van der Waals surface area contributed by atoms with E-state index in [0.29, 0.717) is 6.04 Å². The monoisotopic (exact) mass is 183 g/mol. The molecule has 0 aromatic carbocycles. The largest absolute Gasteiger partial charge is 0.357 e. The average molecular weight is 183 g/mol. The van der Waals surface area contributed by atoms with Crippen LogP contribution in [0.15, 0.2) is 0 Å². The third-order valence-corrected chi connectivity index (χ3v) is 1.86. The van der Waals surface area contributed by atoms with Gasteiger partial charge in [0.25, 0.3) is 0 Å². The number of nitrogens with zero attached hydrogens (tertiary/aromatic N) is 3. The second-order valence-corrected chi connectivity index (χ2v) is 3.28. The first kappa shape index (κ1) is 9.98. The van der Waals surface area contributed by atoms with Gasteiger partial charge >= 0.3 is 0 Å². The molecule has 1 heterocycles. The van der Waals surface area contributed by atoms with E-state index in [-0.39, 0.29) is 0 Å². The summed E-state index contributed by atoms with van der Waals surface area (Å²) in [5.41, 5.74) is 0. The number of anilines is 1. The average Bonchev–Trinajstić information content (AvgIpc) is 2.43. The maximum absolute atomic E-state index is 4.05. The summed E-state index contributed by atoms with van der Waals surface area (Å²) in [6.07, 6.45) is 0. The molecular formula is C8H17N5. The fourth-order valence-electron chi connectivity index (χ4n) is 1.03. The van der Waals surface area contributed by atoms with Crippen LogP contribution >= 0.6 is 0 Å². The summed E-state index contributed by atoms with van der Waals surface area (Å²) in [6.45, 7) is 4.97. The lowest BCUT2D eigenvalue weighted by Gasteiger charge is -2.07. The Morgan fingerprint density at radius 1 is 1.38 bits per heavy atom. The Hall–Kier alpha value is -1.10. The Morgan fingerprint density at radius 3 is 2.54 bits per heavy atom. The summed E-state index contributed by atoms with van der Waals surface area (Å²) < 4.78 is 1.94. The van der Waals surface area contributed by atoms with Gasteiger partial charge in [-0.1, -0.05) is 13.8 Å². The molecule has 0 fully saturated rings. The van der Waals surface area contributed by atoms with Gasteiger partial charge in [-0.05, 0) is 0 Å². The van der Waals surface area contributed by atoms with Gasteiger partial charge in [0.05, 0.1) is 6.54 Å². The third-order valence-electron chi connectivity index (χ3n) is 1.86. The van der Waals surface area contributed by atoms with Crippen molar-refractivity contribution in [1.29, 1.82) is 0 Å². The van der Waals surface area contributed by atoms with E-state index >= 15 is 0 Å². The number of aromatic nitrogens is 3. The molecule has 1 rings (SSSR count). The van der Waals surface area contributed by atoms with Crippen LogP contribution < -0.4 is 10.6 Å². The van der Waals surface area contributed by atoms with Crippen molar-refractivity contribution in [2.24, 2.45) is 7.05 Å². The Balaban J connectivity index is 2.62. The van der Waals surface area contributed by atoms with Crippen molar-refractivity contribution in [3.8, 4) is 0 Å². The quantitative estimate of drug-likeness (QED) is 0.707. The van der Waals surface area contributed by atoms with E-state index in [4.69, 9.17) is 0 Å². The Kier molecular flexibility index (Phi) is 3.25. The van der Waals surface area contributed by atoms with Crippen LogP contribution in [0.3, 0.4) is 0 Å². The standard InChI is InChI=1S/C8H17N5/c1-6(2)10-5-7-11-12-8(9-3)13(7)4/h6,10H,5H2,1-4H3,(H,9,12). The normalized spacial score (nSPS) is 10.8. The van der Waals surface area contributed by atoms with Crippen LogP contribution in [0.5, 0.6) is 0 Å². The SMILES string of the molecule is CNc1nnc(CNC(C)C)n1C. The predicted octanol–water partition coefficient (Wildman–Crippen LogP) is 0.355. The molecule has 1 aromatic heterocycles. The van der Waals surface area contributed by atoms with E-state index in [1.807, 2.05) is 18.7 Å². The molecule has 2 N–H and O–H groups in total. The summed E-state index contributed by atoms with van der Waals surface area (Å²) in [7, 11) is 3.78. The lowest BCUT2D eigenvalue weighted by atomic mass is 10.4. The zero-order chi connectivity index (χ0) is 9.84. The van der Waals surface area contributed by atoms with Crippen LogP contribution in [0.4, 0.5) is 5.95 Å². The van der Waals surface area contributed by atoms with Gasteiger partial charge in [-0.25, -0.2) is 0 Å². The van der Waals surface area contributed by atoms with Crippen LogP contribution in [0.2, 0.25) is 0 Å². The van der Waals surface area contributed by atoms with Gasteiger partial charge in [0.15, 0.2) is 0 Å². The highest BCUT2D eigenvalue weighted by atomic mass is 15.3. The number of hydrogen-bond donors (Lipinski definition) is 2. The van der Waals surface area contributed by atoms with Crippen molar-refractivity contribution in [2.45, 2.75) is 26.4 Å². The number of hydrogen-bond acceptors (Lipinski definition) is 4. The first-order valence-electron chi connectivity index (χ1n) is 4.44. The molecule has 0 saturated carbocycles. The molecule has 0 unspecified atom stereocenters. The molecule has 5 heteroatoms.